The van der Waals surface area contributed by atoms with Gasteiger partial charge in [0.05, 0.1) is 6.04 Å². The number of urea groups is 1. The molecule has 2 amide bonds. The van der Waals surface area contributed by atoms with Crippen molar-refractivity contribution in [2.75, 3.05) is 27.7 Å². The van der Waals surface area contributed by atoms with Crippen molar-refractivity contribution in [3.63, 3.8) is 0 Å². The first kappa shape index (κ1) is 17.9. The van der Waals surface area contributed by atoms with E-state index in [0.29, 0.717) is 18.3 Å². The quantitative estimate of drug-likeness (QED) is 0.878. The Morgan fingerprint density at radius 2 is 2.00 bits per heavy atom. The second-order valence-electron chi connectivity index (χ2n) is 6.15. The van der Waals surface area contributed by atoms with Crippen molar-refractivity contribution < 1.29 is 9.21 Å². The maximum Gasteiger partial charge on any atom is 0.317 e. The van der Waals surface area contributed by atoms with Crippen LogP contribution in [0.4, 0.5) is 4.79 Å². The molecule has 1 N–H and O–H groups in total. The van der Waals surface area contributed by atoms with Crippen molar-refractivity contribution >= 4 is 6.03 Å². The lowest BCUT2D eigenvalue weighted by atomic mass is 10.0. The van der Waals surface area contributed by atoms with E-state index in [1.54, 1.807) is 14.0 Å². The van der Waals surface area contributed by atoms with E-state index < -0.39 is 0 Å². The third-order valence-corrected chi connectivity index (χ3v) is 3.78. The molecule has 7 nitrogen and oxygen atoms in total. The molecule has 0 aliphatic heterocycles. The van der Waals surface area contributed by atoms with E-state index in [0.717, 1.165) is 0 Å². The molecule has 1 aromatic carbocycles. The molecule has 24 heavy (non-hydrogen) atoms. The SMILES string of the molecule is Cc1cccc([C@H](CNC(=O)N(C)Cc2nnc(C)o2)N(C)C)c1. The number of benzene rings is 1. The van der Waals surface area contributed by atoms with Crippen LogP contribution in [-0.4, -0.2) is 53.7 Å². The van der Waals surface area contributed by atoms with Crippen LogP contribution in [0.5, 0.6) is 0 Å². The monoisotopic (exact) mass is 331 g/mol. The van der Waals surface area contributed by atoms with Gasteiger partial charge in [0.25, 0.3) is 0 Å². The number of hydrogen-bond donors (Lipinski definition) is 1. The number of amides is 2. The van der Waals surface area contributed by atoms with E-state index in [-0.39, 0.29) is 18.6 Å². The second-order valence-corrected chi connectivity index (χ2v) is 6.15. The first-order valence-corrected chi connectivity index (χ1v) is 7.87. The Hall–Kier alpha value is -2.41. The van der Waals surface area contributed by atoms with Crippen LogP contribution in [0, 0.1) is 13.8 Å². The molecule has 1 atom stereocenters. The highest BCUT2D eigenvalue weighted by Crippen LogP contribution is 2.18. The summed E-state index contributed by atoms with van der Waals surface area (Å²) in [6, 6.07) is 8.25. The fourth-order valence-corrected chi connectivity index (χ4v) is 2.47. The van der Waals surface area contributed by atoms with Gasteiger partial charge in [-0.3, -0.25) is 0 Å². The van der Waals surface area contributed by atoms with Crippen molar-refractivity contribution in [3.05, 3.63) is 47.2 Å². The Labute approximate surface area is 142 Å². The van der Waals surface area contributed by atoms with Gasteiger partial charge in [-0.25, -0.2) is 4.79 Å². The number of nitrogens with zero attached hydrogens (tertiary/aromatic N) is 4. The fraction of sp³-hybridized carbons (Fsp3) is 0.471. The lowest BCUT2D eigenvalue weighted by Crippen LogP contribution is -2.41. The van der Waals surface area contributed by atoms with E-state index in [2.05, 4.69) is 45.5 Å². The molecule has 0 aliphatic rings. The normalized spacial score (nSPS) is 12.2. The van der Waals surface area contributed by atoms with Crippen LogP contribution in [-0.2, 0) is 6.54 Å². The number of nitrogens with one attached hydrogen (secondary N) is 1. The van der Waals surface area contributed by atoms with Gasteiger partial charge >= 0.3 is 6.03 Å². The summed E-state index contributed by atoms with van der Waals surface area (Å²) in [6.07, 6.45) is 0. The maximum absolute atomic E-state index is 12.3. The number of aryl methyl sites for hydroxylation is 2. The molecule has 130 valence electrons. The number of likely N-dealkylation sites (N-methyl/N-ethyl adjacent to an activating group) is 1. The Morgan fingerprint density at radius 3 is 2.58 bits per heavy atom. The third-order valence-electron chi connectivity index (χ3n) is 3.78. The predicted octanol–water partition coefficient (Wildman–Crippen LogP) is 2.13. The molecule has 1 aromatic heterocycles. The van der Waals surface area contributed by atoms with Crippen molar-refractivity contribution in [2.24, 2.45) is 0 Å². The summed E-state index contributed by atoms with van der Waals surface area (Å²) in [4.78, 5) is 15.9. The van der Waals surface area contributed by atoms with Gasteiger partial charge in [-0.1, -0.05) is 29.8 Å². The van der Waals surface area contributed by atoms with Crippen molar-refractivity contribution in [2.45, 2.75) is 26.4 Å². The van der Waals surface area contributed by atoms with Crippen LogP contribution in [0.1, 0.15) is 29.0 Å². The highest BCUT2D eigenvalue weighted by Gasteiger charge is 2.18. The van der Waals surface area contributed by atoms with Crippen LogP contribution in [0.15, 0.2) is 28.7 Å². The minimum Gasteiger partial charge on any atom is -0.424 e. The zero-order valence-corrected chi connectivity index (χ0v) is 14.9. The molecule has 1 heterocycles. The Morgan fingerprint density at radius 1 is 1.25 bits per heavy atom. The number of hydrogen-bond acceptors (Lipinski definition) is 5. The van der Waals surface area contributed by atoms with Gasteiger partial charge in [-0.05, 0) is 26.6 Å². The molecule has 0 saturated carbocycles. The Kier molecular flexibility index (Phi) is 5.92. The molecule has 0 unspecified atom stereocenters. The van der Waals surface area contributed by atoms with E-state index in [1.807, 2.05) is 20.2 Å². The minimum absolute atomic E-state index is 0.105. The van der Waals surface area contributed by atoms with E-state index in [4.69, 9.17) is 4.42 Å². The maximum atomic E-state index is 12.3. The van der Waals surface area contributed by atoms with Crippen LogP contribution in [0.3, 0.4) is 0 Å². The molecule has 0 radical (unpaired) electrons. The van der Waals surface area contributed by atoms with Gasteiger partial charge in [0.2, 0.25) is 11.8 Å². The molecular formula is C17H25N5O2. The average Bonchev–Trinajstić information content (AvgIpc) is 2.92. The summed E-state index contributed by atoms with van der Waals surface area (Å²) < 4.78 is 5.30. The first-order valence-electron chi connectivity index (χ1n) is 7.87. The van der Waals surface area contributed by atoms with Gasteiger partial charge in [0, 0.05) is 20.5 Å². The summed E-state index contributed by atoms with van der Waals surface area (Å²) in [5.74, 6) is 0.916. The minimum atomic E-state index is -0.176. The molecule has 7 heteroatoms. The molecule has 0 saturated heterocycles. The van der Waals surface area contributed by atoms with Crippen LogP contribution in [0.2, 0.25) is 0 Å². The van der Waals surface area contributed by atoms with Crippen LogP contribution in [0.25, 0.3) is 0 Å². The van der Waals surface area contributed by atoms with Crippen LogP contribution < -0.4 is 5.32 Å². The molecule has 2 aromatic rings. The first-order chi connectivity index (χ1) is 11.4. The van der Waals surface area contributed by atoms with Crippen molar-refractivity contribution in [1.82, 2.24) is 25.3 Å². The lowest BCUT2D eigenvalue weighted by molar-refractivity contribution is 0.196. The molecular weight excluding hydrogens is 306 g/mol. The lowest BCUT2D eigenvalue weighted by Gasteiger charge is -2.26. The van der Waals surface area contributed by atoms with Gasteiger partial charge < -0.3 is 19.5 Å². The number of rotatable bonds is 6. The molecule has 2 rings (SSSR count). The molecule has 0 fully saturated rings. The van der Waals surface area contributed by atoms with Gasteiger partial charge in [-0.2, -0.15) is 0 Å². The number of carbonyl (C=O) groups excluding carboxylic acids is 1. The molecule has 0 aliphatic carbocycles. The van der Waals surface area contributed by atoms with E-state index in [1.165, 1.54) is 16.0 Å². The van der Waals surface area contributed by atoms with Crippen molar-refractivity contribution in [1.29, 1.82) is 0 Å². The zero-order chi connectivity index (χ0) is 17.7. The Balaban J connectivity index is 1.94. The van der Waals surface area contributed by atoms with Gasteiger partial charge in [0.1, 0.15) is 6.54 Å². The largest absolute Gasteiger partial charge is 0.424 e. The number of aromatic nitrogens is 2. The smallest absolute Gasteiger partial charge is 0.317 e. The van der Waals surface area contributed by atoms with E-state index >= 15 is 0 Å². The predicted molar refractivity (Wildman–Crippen MR) is 91.5 cm³/mol. The standard InChI is InChI=1S/C17H25N5O2/c1-12-7-6-8-14(9-12)15(21(3)4)10-18-17(23)22(5)11-16-20-19-13(2)24-16/h6-9,15H,10-11H2,1-5H3,(H,18,23)/t15-/m0/s1. The molecule has 0 bridgehead atoms. The van der Waals surface area contributed by atoms with Crippen molar-refractivity contribution in [3.8, 4) is 0 Å². The third kappa shape index (κ3) is 4.79. The average molecular weight is 331 g/mol. The summed E-state index contributed by atoms with van der Waals surface area (Å²) in [5, 5.41) is 10.6. The highest BCUT2D eigenvalue weighted by atomic mass is 16.4. The van der Waals surface area contributed by atoms with Crippen LogP contribution >= 0.6 is 0 Å². The highest BCUT2D eigenvalue weighted by molar-refractivity contribution is 5.73. The summed E-state index contributed by atoms with van der Waals surface area (Å²) in [7, 11) is 5.71. The summed E-state index contributed by atoms with van der Waals surface area (Å²) in [5.41, 5.74) is 2.38. The molecule has 0 spiro atoms. The van der Waals surface area contributed by atoms with Gasteiger partial charge in [0.15, 0.2) is 0 Å². The van der Waals surface area contributed by atoms with Gasteiger partial charge in [-0.15, -0.1) is 10.2 Å². The van der Waals surface area contributed by atoms with E-state index in [9.17, 15) is 4.79 Å². The summed E-state index contributed by atoms with van der Waals surface area (Å²) in [6.45, 7) is 4.58. The Bertz CT molecular complexity index is 683. The second kappa shape index (κ2) is 7.92. The topological polar surface area (TPSA) is 74.5 Å². The summed E-state index contributed by atoms with van der Waals surface area (Å²) >= 11 is 0. The zero-order valence-electron chi connectivity index (χ0n) is 14.9. The fourth-order valence-electron chi connectivity index (χ4n) is 2.47. The number of carbonyl (C=O) groups is 1.